The first-order valence-electron chi connectivity index (χ1n) is 2.47. The van der Waals surface area contributed by atoms with Crippen molar-refractivity contribution >= 4 is 9.90 Å². The first kappa shape index (κ1) is 16.3. The van der Waals surface area contributed by atoms with Crippen molar-refractivity contribution < 1.29 is 22.0 Å². The number of hydrogen-bond acceptors (Lipinski definition) is 1. The number of halogens is 1. The molecule has 1 N–H and O–H groups in total. The van der Waals surface area contributed by atoms with Crippen molar-refractivity contribution in [3.8, 4) is 0 Å². The van der Waals surface area contributed by atoms with Gasteiger partial charge >= 0.3 is 0 Å². The summed E-state index contributed by atoms with van der Waals surface area (Å²) < 4.78 is 0.844. The predicted molar refractivity (Wildman–Crippen MR) is 41.1 cm³/mol. The number of likely N-dealkylation sites (N-methyl/N-ethyl adjacent to an activating group) is 1. The van der Waals surface area contributed by atoms with Crippen molar-refractivity contribution in [1.29, 1.82) is 0 Å². The first-order valence-corrected chi connectivity index (χ1v) is 2.47. The Morgan fingerprint density at radius 2 is 1.56 bits per heavy atom. The molecule has 0 rings (SSSR count). The Hall–Kier alpha value is 0.640. The largest absolute Gasteiger partial charge is 1.00 e. The molecule has 1 unspecified atom stereocenters. The topological polar surface area (TPSA) is 20.2 Å². The normalized spacial score (nSPS) is 9.33. The SMILES string of the molecule is C[N+](C)(C)CCO.P.[Cl-]. The minimum Gasteiger partial charge on any atom is -1.00 e. The second-order valence-corrected chi connectivity index (χ2v) is 2.74. The number of nitrogens with zero attached hydrogens (tertiary/aromatic N) is 1. The highest BCUT2D eigenvalue weighted by Gasteiger charge is 2.02. The molecule has 0 amide bonds. The average molecular weight is 174 g/mol. The lowest BCUT2D eigenvalue weighted by atomic mass is 10.5. The molecule has 9 heavy (non-hydrogen) atoms. The van der Waals surface area contributed by atoms with Gasteiger partial charge in [0.25, 0.3) is 0 Å². The lowest BCUT2D eigenvalue weighted by Crippen LogP contribution is -3.00. The van der Waals surface area contributed by atoms with Crippen LogP contribution in [-0.2, 0) is 0 Å². The van der Waals surface area contributed by atoms with Crippen molar-refractivity contribution in [3.05, 3.63) is 0 Å². The van der Waals surface area contributed by atoms with Crippen LogP contribution in [0.5, 0.6) is 0 Å². The minimum atomic E-state index is 0. The molecule has 60 valence electrons. The van der Waals surface area contributed by atoms with Crippen molar-refractivity contribution in [2.24, 2.45) is 0 Å². The van der Waals surface area contributed by atoms with E-state index in [0.29, 0.717) is 0 Å². The Balaban J connectivity index is -0.000000180. The fraction of sp³-hybridized carbons (Fsp3) is 1.00. The maximum atomic E-state index is 8.39. The third kappa shape index (κ3) is 17.7. The Morgan fingerprint density at radius 3 is 1.56 bits per heavy atom. The minimum absolute atomic E-state index is 0. The highest BCUT2D eigenvalue weighted by molar-refractivity contribution is 6.92. The van der Waals surface area contributed by atoms with Crippen LogP contribution in [0.1, 0.15) is 0 Å². The van der Waals surface area contributed by atoms with Crippen LogP contribution in [0.4, 0.5) is 0 Å². The van der Waals surface area contributed by atoms with E-state index in [-0.39, 0.29) is 28.9 Å². The molecular weight excluding hydrogens is 156 g/mol. The van der Waals surface area contributed by atoms with Gasteiger partial charge in [0.2, 0.25) is 0 Å². The van der Waals surface area contributed by atoms with Crippen molar-refractivity contribution in [3.63, 3.8) is 0 Å². The zero-order valence-electron chi connectivity index (χ0n) is 6.39. The maximum absolute atomic E-state index is 8.39. The van der Waals surface area contributed by atoms with Crippen LogP contribution < -0.4 is 12.4 Å². The van der Waals surface area contributed by atoms with E-state index in [9.17, 15) is 0 Å². The molecule has 0 aromatic rings. The molecule has 0 saturated carbocycles. The zero-order valence-corrected chi connectivity index (χ0v) is 8.56. The summed E-state index contributed by atoms with van der Waals surface area (Å²) in [5.41, 5.74) is 0. The summed E-state index contributed by atoms with van der Waals surface area (Å²) in [7, 11) is 6.16. The number of aliphatic hydroxyl groups is 1. The zero-order chi connectivity index (χ0) is 5.91. The lowest BCUT2D eigenvalue weighted by Gasteiger charge is -2.21. The van der Waals surface area contributed by atoms with Crippen LogP contribution in [-0.4, -0.2) is 43.9 Å². The standard InChI is InChI=1S/C5H14NO.ClH.H3P/c1-6(2,3)4-5-7;;/h7H,4-5H2,1-3H3;1H;1H3/q+1;;/p-1. The van der Waals surface area contributed by atoms with Gasteiger partial charge in [0, 0.05) is 0 Å². The van der Waals surface area contributed by atoms with Crippen molar-refractivity contribution in [1.82, 2.24) is 0 Å². The molecule has 0 fully saturated rings. The Bertz CT molecular complexity index is 55.4. The van der Waals surface area contributed by atoms with E-state index < -0.39 is 0 Å². The lowest BCUT2D eigenvalue weighted by molar-refractivity contribution is -0.870. The highest BCUT2D eigenvalue weighted by atomic mass is 35.5. The Morgan fingerprint density at radius 1 is 1.22 bits per heavy atom. The Labute approximate surface area is 66.9 Å². The van der Waals surface area contributed by atoms with E-state index in [1.807, 2.05) is 0 Å². The third-order valence-electron chi connectivity index (χ3n) is 0.771. The molecule has 2 nitrogen and oxygen atoms in total. The number of aliphatic hydroxyl groups excluding tert-OH is 1. The molecule has 0 radical (unpaired) electrons. The molecule has 1 atom stereocenters. The molecule has 0 bridgehead atoms. The Kier molecular flexibility index (Phi) is 12.3. The van der Waals surface area contributed by atoms with Gasteiger partial charge in [-0.25, -0.2) is 0 Å². The molecule has 0 spiro atoms. The van der Waals surface area contributed by atoms with Crippen molar-refractivity contribution in [2.45, 2.75) is 0 Å². The van der Waals surface area contributed by atoms with E-state index in [1.54, 1.807) is 0 Å². The van der Waals surface area contributed by atoms with Crippen LogP contribution in [0.15, 0.2) is 0 Å². The number of rotatable bonds is 2. The smallest absolute Gasteiger partial charge is 0.101 e. The molecule has 0 aromatic carbocycles. The van der Waals surface area contributed by atoms with Crippen molar-refractivity contribution in [2.75, 3.05) is 34.3 Å². The van der Waals surface area contributed by atoms with E-state index in [0.717, 1.165) is 11.0 Å². The summed E-state index contributed by atoms with van der Waals surface area (Å²) in [4.78, 5) is 0. The molecule has 0 aromatic heterocycles. The second-order valence-electron chi connectivity index (χ2n) is 2.74. The summed E-state index contributed by atoms with van der Waals surface area (Å²) in [5, 5.41) is 8.39. The van der Waals surface area contributed by atoms with Crippen LogP contribution in [0.2, 0.25) is 0 Å². The molecule has 0 aliphatic carbocycles. The molecule has 0 aliphatic rings. The summed E-state index contributed by atoms with van der Waals surface area (Å²) in [5.74, 6) is 0. The van der Waals surface area contributed by atoms with E-state index in [2.05, 4.69) is 21.1 Å². The van der Waals surface area contributed by atoms with E-state index in [4.69, 9.17) is 5.11 Å². The predicted octanol–water partition coefficient (Wildman–Crippen LogP) is -3.25. The van der Waals surface area contributed by atoms with Crippen LogP contribution in [0.3, 0.4) is 0 Å². The van der Waals surface area contributed by atoms with E-state index in [1.165, 1.54) is 0 Å². The monoisotopic (exact) mass is 173 g/mol. The molecule has 4 heteroatoms. The quantitative estimate of drug-likeness (QED) is 0.344. The second kappa shape index (κ2) is 6.76. The summed E-state index contributed by atoms with van der Waals surface area (Å²) in [6.45, 7) is 1.11. The van der Waals surface area contributed by atoms with Gasteiger partial charge in [-0.15, -0.1) is 0 Å². The molecule has 0 aliphatic heterocycles. The molecule has 0 saturated heterocycles. The van der Waals surface area contributed by atoms with Gasteiger partial charge in [0.1, 0.15) is 6.54 Å². The average Bonchev–Trinajstić information content (AvgIpc) is 1.30. The van der Waals surface area contributed by atoms with Gasteiger partial charge in [-0.2, -0.15) is 9.90 Å². The molecule has 0 heterocycles. The van der Waals surface area contributed by atoms with Crippen LogP contribution >= 0.6 is 9.90 Å². The van der Waals surface area contributed by atoms with Gasteiger partial charge in [-0.1, -0.05) is 0 Å². The van der Waals surface area contributed by atoms with Gasteiger partial charge in [0.15, 0.2) is 0 Å². The first-order chi connectivity index (χ1) is 3.06. The number of hydrogen-bond donors (Lipinski definition) is 1. The molecular formula is C5H17ClNOP. The fourth-order valence-corrected chi connectivity index (χ4v) is 0.300. The number of quaternary nitrogens is 1. The van der Waals surface area contributed by atoms with Gasteiger partial charge in [0.05, 0.1) is 27.7 Å². The highest BCUT2D eigenvalue weighted by Crippen LogP contribution is 1.84. The third-order valence-corrected chi connectivity index (χ3v) is 0.771. The van der Waals surface area contributed by atoms with Gasteiger partial charge in [-0.05, 0) is 0 Å². The maximum Gasteiger partial charge on any atom is 0.101 e. The fourth-order valence-electron chi connectivity index (χ4n) is 0.300. The van der Waals surface area contributed by atoms with E-state index >= 15 is 0 Å². The summed E-state index contributed by atoms with van der Waals surface area (Å²) in [6, 6.07) is 0. The van der Waals surface area contributed by atoms with Gasteiger partial charge in [-0.3, -0.25) is 0 Å². The summed E-state index contributed by atoms with van der Waals surface area (Å²) in [6.07, 6.45) is 0. The van der Waals surface area contributed by atoms with Crippen LogP contribution in [0.25, 0.3) is 0 Å². The van der Waals surface area contributed by atoms with Gasteiger partial charge < -0.3 is 22.0 Å². The van der Waals surface area contributed by atoms with Crippen LogP contribution in [0, 0.1) is 0 Å². The summed E-state index contributed by atoms with van der Waals surface area (Å²) >= 11 is 0.